The molecule has 0 saturated carbocycles. The minimum absolute atomic E-state index is 0.212. The predicted molar refractivity (Wildman–Crippen MR) is 89.1 cm³/mol. The summed E-state index contributed by atoms with van der Waals surface area (Å²) in [4.78, 5) is 20.0. The average Bonchev–Trinajstić information content (AvgIpc) is 2.52. The Kier molecular flexibility index (Phi) is 4.15. The van der Waals surface area contributed by atoms with Gasteiger partial charge in [0, 0.05) is 16.0 Å². The number of carbonyl (C=O) groups excluding carboxylic acids is 1. The number of carboxylic acids is 1. The van der Waals surface area contributed by atoms with Gasteiger partial charge in [-0.15, -0.1) is 0 Å². The van der Waals surface area contributed by atoms with Crippen LogP contribution in [0.5, 0.6) is 0 Å². The Balaban J connectivity index is 2.34. The number of carboxylic acid groups (broad SMARTS) is 1. The number of aromatic nitrogens is 2. The van der Waals surface area contributed by atoms with Gasteiger partial charge in [-0.1, -0.05) is 34.8 Å². The number of rotatable bonds is 2. The molecule has 0 unspecified atom stereocenters. The van der Waals surface area contributed by atoms with E-state index >= 15 is 0 Å². The Labute approximate surface area is 146 Å². The average molecular weight is 367 g/mol. The topological polar surface area (TPSA) is 65.9 Å². The third kappa shape index (κ3) is 2.85. The van der Waals surface area contributed by atoms with Crippen LogP contribution in [0.1, 0.15) is 16.1 Å². The Morgan fingerprint density at radius 3 is 2.35 bits per heavy atom. The number of halogens is 3. The first-order valence-electron chi connectivity index (χ1n) is 6.52. The van der Waals surface area contributed by atoms with Gasteiger partial charge in [0.15, 0.2) is 5.82 Å². The van der Waals surface area contributed by atoms with Crippen molar-refractivity contribution >= 4 is 51.7 Å². The maximum absolute atomic E-state index is 11.5. The normalized spacial score (nSPS) is 11.0. The number of aryl methyl sites for hydroxylation is 1. The maximum Gasteiger partial charge on any atom is 0.160 e. The van der Waals surface area contributed by atoms with Crippen molar-refractivity contribution in [1.29, 1.82) is 0 Å². The van der Waals surface area contributed by atoms with Crippen molar-refractivity contribution in [2.24, 2.45) is 0 Å². The van der Waals surface area contributed by atoms with Gasteiger partial charge in [-0.3, -0.25) is 0 Å². The summed E-state index contributed by atoms with van der Waals surface area (Å²) in [5.74, 6) is -1.18. The number of hydrogen-bond donors (Lipinski definition) is 0. The van der Waals surface area contributed by atoms with Crippen molar-refractivity contribution in [3.05, 3.63) is 56.7 Å². The summed E-state index contributed by atoms with van der Waals surface area (Å²) in [6.07, 6.45) is 0. The van der Waals surface area contributed by atoms with E-state index in [1.165, 1.54) is 0 Å². The summed E-state index contributed by atoms with van der Waals surface area (Å²) >= 11 is 17.9. The molecule has 0 aliphatic heterocycles. The van der Waals surface area contributed by atoms with E-state index in [-0.39, 0.29) is 11.5 Å². The smallest absolute Gasteiger partial charge is 0.160 e. The Morgan fingerprint density at radius 2 is 1.70 bits per heavy atom. The Morgan fingerprint density at radius 1 is 1.00 bits per heavy atom. The van der Waals surface area contributed by atoms with Crippen LogP contribution in [0.4, 0.5) is 0 Å². The molecule has 0 radical (unpaired) electrons. The van der Waals surface area contributed by atoms with Crippen LogP contribution < -0.4 is 5.11 Å². The lowest BCUT2D eigenvalue weighted by atomic mass is 10.1. The standard InChI is InChI=1S/C16H9Cl3N2O2/c1-7-9(17)4-5-12-13(7)14(16(22)23)21-15(20-12)8-2-3-10(18)11(19)6-8/h2-6H,1H3,(H,22,23)/p-1. The highest BCUT2D eigenvalue weighted by atomic mass is 35.5. The molecule has 0 N–H and O–H groups in total. The molecule has 4 nitrogen and oxygen atoms in total. The zero-order chi connectivity index (χ0) is 16.7. The minimum atomic E-state index is -1.40. The lowest BCUT2D eigenvalue weighted by Gasteiger charge is -2.12. The number of aromatic carboxylic acids is 1. The maximum atomic E-state index is 11.5. The molecule has 7 heteroatoms. The zero-order valence-electron chi connectivity index (χ0n) is 11.7. The number of nitrogens with zero attached hydrogens (tertiary/aromatic N) is 2. The number of fused-ring (bicyclic) bond motifs is 1. The first-order chi connectivity index (χ1) is 10.9. The first kappa shape index (κ1) is 16.0. The van der Waals surface area contributed by atoms with Gasteiger partial charge in [0.05, 0.1) is 27.2 Å². The summed E-state index contributed by atoms with van der Waals surface area (Å²) in [5.41, 5.74) is 1.39. The molecule has 23 heavy (non-hydrogen) atoms. The first-order valence-corrected chi connectivity index (χ1v) is 7.65. The van der Waals surface area contributed by atoms with Gasteiger partial charge in [0.2, 0.25) is 0 Å². The van der Waals surface area contributed by atoms with Crippen LogP contribution in [-0.4, -0.2) is 15.9 Å². The second-order valence-corrected chi connectivity index (χ2v) is 6.10. The molecule has 0 atom stereocenters. The highest BCUT2D eigenvalue weighted by Gasteiger charge is 2.14. The molecule has 3 aromatic rings. The van der Waals surface area contributed by atoms with Crippen LogP contribution in [-0.2, 0) is 0 Å². The highest BCUT2D eigenvalue weighted by molar-refractivity contribution is 6.42. The number of hydrogen-bond acceptors (Lipinski definition) is 4. The third-order valence-corrected chi connectivity index (χ3v) is 4.58. The van der Waals surface area contributed by atoms with Crippen molar-refractivity contribution in [2.75, 3.05) is 0 Å². The number of benzene rings is 2. The Hall–Kier alpha value is -1.88. The molecule has 0 bridgehead atoms. The van der Waals surface area contributed by atoms with E-state index in [4.69, 9.17) is 34.8 Å². The quantitative estimate of drug-likeness (QED) is 0.689. The van der Waals surface area contributed by atoms with Crippen molar-refractivity contribution in [3.63, 3.8) is 0 Å². The molecule has 1 aromatic heterocycles. The van der Waals surface area contributed by atoms with Crippen LogP contribution in [0, 0.1) is 6.92 Å². The fourth-order valence-corrected chi connectivity index (χ4v) is 2.73. The summed E-state index contributed by atoms with van der Waals surface area (Å²) in [6.45, 7) is 1.71. The molecule has 0 aliphatic rings. The van der Waals surface area contributed by atoms with E-state index in [2.05, 4.69) is 9.97 Å². The van der Waals surface area contributed by atoms with E-state index in [0.29, 0.717) is 37.1 Å². The molecule has 116 valence electrons. The van der Waals surface area contributed by atoms with E-state index in [0.717, 1.165) is 0 Å². The van der Waals surface area contributed by atoms with Crippen LogP contribution in [0.15, 0.2) is 30.3 Å². The molecular formula is C16H8Cl3N2O2-. The lowest BCUT2D eigenvalue weighted by Crippen LogP contribution is -2.24. The van der Waals surface area contributed by atoms with Gasteiger partial charge in [-0.05, 0) is 42.8 Å². The van der Waals surface area contributed by atoms with Crippen molar-refractivity contribution in [3.8, 4) is 11.4 Å². The fourth-order valence-electron chi connectivity index (χ4n) is 2.28. The monoisotopic (exact) mass is 365 g/mol. The largest absolute Gasteiger partial charge is 0.543 e. The second-order valence-electron chi connectivity index (χ2n) is 4.88. The zero-order valence-corrected chi connectivity index (χ0v) is 14.0. The highest BCUT2D eigenvalue weighted by Crippen LogP contribution is 2.31. The molecule has 2 aromatic carbocycles. The molecule has 0 aliphatic carbocycles. The molecule has 0 saturated heterocycles. The van der Waals surface area contributed by atoms with Gasteiger partial charge < -0.3 is 9.90 Å². The molecule has 0 fully saturated rings. The van der Waals surface area contributed by atoms with Crippen LogP contribution in [0.2, 0.25) is 15.1 Å². The van der Waals surface area contributed by atoms with E-state index < -0.39 is 5.97 Å². The number of carbonyl (C=O) groups is 1. The predicted octanol–water partition coefficient (Wildman–Crippen LogP) is 3.93. The van der Waals surface area contributed by atoms with Gasteiger partial charge >= 0.3 is 0 Å². The molecule has 0 amide bonds. The van der Waals surface area contributed by atoms with Crippen LogP contribution in [0.3, 0.4) is 0 Å². The Bertz CT molecular complexity index is 958. The van der Waals surface area contributed by atoms with Crippen molar-refractivity contribution < 1.29 is 9.90 Å². The molecule has 3 rings (SSSR count). The summed E-state index contributed by atoms with van der Waals surface area (Å²) in [5, 5.41) is 13.0. The van der Waals surface area contributed by atoms with Crippen molar-refractivity contribution in [2.45, 2.75) is 6.92 Å². The van der Waals surface area contributed by atoms with Gasteiger partial charge in [-0.25, -0.2) is 9.97 Å². The molecule has 0 spiro atoms. The fraction of sp³-hybridized carbons (Fsp3) is 0.0625. The molecule has 1 heterocycles. The summed E-state index contributed by atoms with van der Waals surface area (Å²) in [6, 6.07) is 8.13. The van der Waals surface area contributed by atoms with Gasteiger partial charge in [0.25, 0.3) is 0 Å². The summed E-state index contributed by atoms with van der Waals surface area (Å²) in [7, 11) is 0. The van der Waals surface area contributed by atoms with Crippen LogP contribution in [0.25, 0.3) is 22.3 Å². The minimum Gasteiger partial charge on any atom is -0.543 e. The SMILES string of the molecule is Cc1c(Cl)ccc2nc(-c3ccc(Cl)c(Cl)c3)nc(C(=O)[O-])c12. The molecular weight excluding hydrogens is 359 g/mol. The van der Waals surface area contributed by atoms with E-state index in [9.17, 15) is 9.90 Å². The second kappa shape index (κ2) is 5.96. The van der Waals surface area contributed by atoms with E-state index in [1.807, 2.05) is 0 Å². The summed E-state index contributed by atoms with van der Waals surface area (Å²) < 4.78 is 0. The van der Waals surface area contributed by atoms with Crippen molar-refractivity contribution in [1.82, 2.24) is 9.97 Å². The van der Waals surface area contributed by atoms with Gasteiger partial charge in [-0.2, -0.15) is 0 Å². The van der Waals surface area contributed by atoms with E-state index in [1.54, 1.807) is 37.3 Å². The lowest BCUT2D eigenvalue weighted by molar-refractivity contribution is -0.255. The third-order valence-electron chi connectivity index (χ3n) is 3.43. The van der Waals surface area contributed by atoms with Gasteiger partial charge in [0.1, 0.15) is 0 Å². The van der Waals surface area contributed by atoms with Crippen LogP contribution >= 0.6 is 34.8 Å².